The van der Waals surface area contributed by atoms with Crippen LogP contribution in [0, 0.1) is 0 Å². The molecule has 0 spiro atoms. The van der Waals surface area contributed by atoms with Crippen LogP contribution in [-0.2, 0) is 9.47 Å². The molecular weight excluding hydrogens is 346 g/mol. The molecular formula is C17H19NO8. The van der Waals surface area contributed by atoms with Crippen molar-refractivity contribution in [3.05, 3.63) is 34.6 Å². The summed E-state index contributed by atoms with van der Waals surface area (Å²) in [5.41, 5.74) is -0.218. The second kappa shape index (κ2) is 8.86. The Kier molecular flexibility index (Phi) is 6.56. The summed E-state index contributed by atoms with van der Waals surface area (Å²) in [4.78, 5) is 28.3. The molecule has 9 nitrogen and oxygen atoms in total. The molecule has 2 rings (SSSR count). The summed E-state index contributed by atoms with van der Waals surface area (Å²) in [7, 11) is 5.57. The van der Waals surface area contributed by atoms with Gasteiger partial charge >= 0.3 is 11.6 Å². The van der Waals surface area contributed by atoms with Gasteiger partial charge in [-0.05, 0) is 0 Å². The van der Waals surface area contributed by atoms with Crippen LogP contribution < -0.4 is 19.8 Å². The van der Waals surface area contributed by atoms with Gasteiger partial charge < -0.3 is 28.1 Å². The number of carbonyl (C=O) groups excluding carboxylic acids is 1. The fourth-order valence-electron chi connectivity index (χ4n) is 2.23. The monoisotopic (exact) mass is 365 g/mol. The summed E-state index contributed by atoms with van der Waals surface area (Å²) in [6.45, 7) is 0.351. The quantitative estimate of drug-likeness (QED) is 0.508. The maximum atomic E-state index is 12.4. The Balaban J connectivity index is 2.73. The van der Waals surface area contributed by atoms with Crippen molar-refractivity contribution < 1.29 is 32.9 Å². The van der Waals surface area contributed by atoms with Crippen LogP contribution in [0.5, 0.6) is 17.2 Å². The van der Waals surface area contributed by atoms with Gasteiger partial charge in [0.05, 0.1) is 45.9 Å². The number of carbonyl (C=O) groups is 1. The highest BCUT2D eigenvalue weighted by Crippen LogP contribution is 2.41. The van der Waals surface area contributed by atoms with Crippen LogP contribution in [0.15, 0.2) is 27.7 Å². The molecule has 0 aliphatic heterocycles. The van der Waals surface area contributed by atoms with E-state index in [4.69, 9.17) is 23.4 Å². The second-order valence-electron chi connectivity index (χ2n) is 4.89. The Labute approximate surface area is 149 Å². The molecule has 0 aliphatic carbocycles. The number of rotatable bonds is 8. The molecule has 26 heavy (non-hydrogen) atoms. The lowest BCUT2D eigenvalue weighted by Gasteiger charge is -2.16. The number of hydrogen-bond donors (Lipinski definition) is 0. The summed E-state index contributed by atoms with van der Waals surface area (Å²) >= 11 is 0. The number of nitrogens with zero attached hydrogens (tertiary/aromatic N) is 1. The van der Waals surface area contributed by atoms with Crippen LogP contribution in [0.3, 0.4) is 0 Å². The van der Waals surface area contributed by atoms with E-state index in [1.807, 2.05) is 0 Å². The third-order valence-electron chi connectivity index (χ3n) is 3.41. The lowest BCUT2D eigenvalue weighted by Crippen LogP contribution is -2.15. The molecule has 0 saturated heterocycles. The zero-order valence-electron chi connectivity index (χ0n) is 14.9. The first-order valence-electron chi connectivity index (χ1n) is 7.51. The van der Waals surface area contributed by atoms with E-state index in [0.717, 1.165) is 0 Å². The summed E-state index contributed by atoms with van der Waals surface area (Å²) in [6, 6.07) is 1.33. The number of esters is 1. The van der Waals surface area contributed by atoms with Crippen LogP contribution >= 0.6 is 0 Å². The fourth-order valence-corrected chi connectivity index (χ4v) is 2.23. The number of pyridine rings is 1. The average molecular weight is 365 g/mol. The third kappa shape index (κ3) is 3.94. The molecule has 9 heteroatoms. The minimum absolute atomic E-state index is 0.0988. The van der Waals surface area contributed by atoms with E-state index in [1.165, 1.54) is 46.9 Å². The Morgan fingerprint density at radius 1 is 1.08 bits per heavy atom. The minimum Gasteiger partial charge on any atom is -0.494 e. The van der Waals surface area contributed by atoms with Crippen LogP contribution in [0.1, 0.15) is 10.6 Å². The van der Waals surface area contributed by atoms with Gasteiger partial charge in [0, 0.05) is 18.7 Å². The number of ether oxygens (including phenoxy) is 5. The maximum absolute atomic E-state index is 12.4. The molecule has 0 atom stereocenters. The molecule has 0 bridgehead atoms. The molecule has 2 aromatic heterocycles. The Morgan fingerprint density at radius 2 is 1.73 bits per heavy atom. The second-order valence-corrected chi connectivity index (χ2v) is 4.89. The van der Waals surface area contributed by atoms with Gasteiger partial charge in [0.25, 0.3) is 0 Å². The highest BCUT2D eigenvalue weighted by Gasteiger charge is 2.24. The van der Waals surface area contributed by atoms with Gasteiger partial charge in [0.1, 0.15) is 18.1 Å². The van der Waals surface area contributed by atoms with Crippen LogP contribution in [0.25, 0.3) is 11.1 Å². The van der Waals surface area contributed by atoms with Gasteiger partial charge in [-0.2, -0.15) is 0 Å². The predicted molar refractivity (Wildman–Crippen MR) is 90.0 cm³/mol. The van der Waals surface area contributed by atoms with Crippen molar-refractivity contribution in [3.8, 4) is 28.4 Å². The van der Waals surface area contributed by atoms with E-state index in [0.29, 0.717) is 17.1 Å². The van der Waals surface area contributed by atoms with E-state index in [1.54, 1.807) is 0 Å². The van der Waals surface area contributed by atoms with Crippen molar-refractivity contribution in [1.82, 2.24) is 4.98 Å². The summed E-state index contributed by atoms with van der Waals surface area (Å²) in [6.07, 6.45) is 2.90. The molecule has 0 saturated carbocycles. The van der Waals surface area contributed by atoms with Gasteiger partial charge in [-0.1, -0.05) is 0 Å². The lowest BCUT2D eigenvalue weighted by atomic mass is 10.0. The van der Waals surface area contributed by atoms with E-state index < -0.39 is 11.6 Å². The van der Waals surface area contributed by atoms with Gasteiger partial charge in [-0.25, -0.2) is 9.59 Å². The molecule has 0 aliphatic rings. The zero-order chi connectivity index (χ0) is 19.1. The van der Waals surface area contributed by atoms with E-state index >= 15 is 0 Å². The smallest absolute Gasteiger partial charge is 0.379 e. The number of aromatic nitrogens is 1. The van der Waals surface area contributed by atoms with Gasteiger partial charge in [-0.15, -0.1) is 0 Å². The fraction of sp³-hybridized carbons (Fsp3) is 0.353. The van der Waals surface area contributed by atoms with Crippen molar-refractivity contribution in [2.24, 2.45) is 0 Å². The van der Waals surface area contributed by atoms with Crippen LogP contribution in [0.2, 0.25) is 0 Å². The molecule has 0 amide bonds. The molecule has 2 heterocycles. The van der Waals surface area contributed by atoms with Gasteiger partial charge in [0.2, 0.25) is 11.5 Å². The van der Waals surface area contributed by atoms with Crippen LogP contribution in [-0.4, -0.2) is 52.6 Å². The summed E-state index contributed by atoms with van der Waals surface area (Å²) in [5, 5.41) is 0. The van der Waals surface area contributed by atoms with Crippen molar-refractivity contribution in [2.75, 3.05) is 41.7 Å². The largest absolute Gasteiger partial charge is 0.494 e. The Hall–Kier alpha value is -3.07. The van der Waals surface area contributed by atoms with Gasteiger partial charge in [-0.3, -0.25) is 4.98 Å². The van der Waals surface area contributed by atoms with Crippen molar-refractivity contribution in [1.29, 1.82) is 0 Å². The third-order valence-corrected chi connectivity index (χ3v) is 3.41. The zero-order valence-corrected chi connectivity index (χ0v) is 14.9. The normalized spacial score (nSPS) is 10.3. The van der Waals surface area contributed by atoms with E-state index in [9.17, 15) is 9.59 Å². The highest BCUT2D eigenvalue weighted by molar-refractivity contribution is 5.90. The molecule has 140 valence electrons. The number of methoxy groups -OCH3 is 4. The first-order valence-corrected chi connectivity index (χ1v) is 7.51. The molecule has 0 aromatic carbocycles. The molecule has 0 N–H and O–H groups in total. The lowest BCUT2D eigenvalue weighted by molar-refractivity contribution is 0.0558. The standard InChI is InChI=1S/C17H19NO8/c1-21-5-6-25-15-10(7-11(16(19)24-4)26-17(15)20)14-12(22-2)8-18-9-13(14)23-3/h7-9H,5-6H2,1-4H3. The topological polar surface area (TPSA) is 106 Å². The predicted octanol–water partition coefficient (Wildman–Crippen LogP) is 1.53. The summed E-state index contributed by atoms with van der Waals surface area (Å²) < 4.78 is 30.7. The highest BCUT2D eigenvalue weighted by atomic mass is 16.5. The molecule has 0 radical (unpaired) electrons. The van der Waals surface area contributed by atoms with Crippen molar-refractivity contribution in [2.45, 2.75) is 0 Å². The van der Waals surface area contributed by atoms with E-state index in [2.05, 4.69) is 9.72 Å². The SMILES string of the molecule is COCCOc1c(-c2c(OC)cncc2OC)cc(C(=O)OC)oc1=O. The Morgan fingerprint density at radius 3 is 2.27 bits per heavy atom. The summed E-state index contributed by atoms with van der Waals surface area (Å²) in [5.74, 6) is -0.562. The Bertz CT molecular complexity index is 808. The van der Waals surface area contributed by atoms with Gasteiger partial charge in [0.15, 0.2) is 0 Å². The average Bonchev–Trinajstić information content (AvgIpc) is 2.67. The van der Waals surface area contributed by atoms with Crippen LogP contribution in [0.4, 0.5) is 0 Å². The molecule has 0 fully saturated rings. The minimum atomic E-state index is -0.847. The maximum Gasteiger partial charge on any atom is 0.379 e. The van der Waals surface area contributed by atoms with Crippen molar-refractivity contribution >= 4 is 5.97 Å². The first kappa shape index (κ1) is 19.3. The molecule has 2 aromatic rings. The molecule has 0 unspecified atom stereocenters. The first-order chi connectivity index (χ1) is 12.6. The van der Waals surface area contributed by atoms with Crippen molar-refractivity contribution in [3.63, 3.8) is 0 Å². The number of hydrogen-bond acceptors (Lipinski definition) is 9. The van der Waals surface area contributed by atoms with E-state index in [-0.39, 0.29) is 30.3 Å².